The Morgan fingerprint density at radius 1 is 1.14 bits per heavy atom. The van der Waals surface area contributed by atoms with Crippen molar-refractivity contribution in [1.29, 1.82) is 0 Å². The number of carbonyl (C=O) groups is 1. The minimum Gasteiger partial charge on any atom is -0.494 e. The molecule has 3 aromatic rings. The highest BCUT2D eigenvalue weighted by atomic mass is 32.2. The van der Waals surface area contributed by atoms with Gasteiger partial charge < -0.3 is 10.1 Å². The number of aromatic nitrogens is 1. The van der Waals surface area contributed by atoms with Gasteiger partial charge in [0.2, 0.25) is 0 Å². The van der Waals surface area contributed by atoms with Gasteiger partial charge in [0.1, 0.15) is 10.8 Å². The number of benzene rings is 2. The average molecular weight is 395 g/mol. The fourth-order valence-electron chi connectivity index (χ4n) is 2.85. The summed E-state index contributed by atoms with van der Waals surface area (Å²) in [6.07, 6.45) is 0.961. The number of hydrogen-bond acceptors (Lipinski definition) is 4. The van der Waals surface area contributed by atoms with E-state index in [0.29, 0.717) is 24.6 Å². The number of nitrogens with one attached hydrogen (secondary N) is 1. The summed E-state index contributed by atoms with van der Waals surface area (Å²) >= 11 is 1.54. The molecule has 1 amide bonds. The molecule has 0 aliphatic carbocycles. The second-order valence-corrected chi connectivity index (χ2v) is 8.06. The molecule has 0 aliphatic rings. The highest BCUT2D eigenvalue weighted by molar-refractivity contribution is 7.99. The van der Waals surface area contributed by atoms with Crippen LogP contribution in [-0.2, 0) is 0 Å². The van der Waals surface area contributed by atoms with E-state index in [2.05, 4.69) is 19.2 Å². The van der Waals surface area contributed by atoms with Crippen molar-refractivity contribution in [1.82, 2.24) is 10.3 Å². The van der Waals surface area contributed by atoms with Crippen LogP contribution < -0.4 is 10.1 Å². The van der Waals surface area contributed by atoms with Gasteiger partial charge in [-0.05, 0) is 55.7 Å². The van der Waals surface area contributed by atoms with Gasteiger partial charge in [-0.3, -0.25) is 4.79 Å². The van der Waals surface area contributed by atoms with Crippen molar-refractivity contribution in [2.24, 2.45) is 5.92 Å². The number of carbonyl (C=O) groups excluding carboxylic acids is 1. The van der Waals surface area contributed by atoms with E-state index in [1.165, 1.54) is 0 Å². The fourth-order valence-corrected chi connectivity index (χ4v) is 3.69. The van der Waals surface area contributed by atoms with E-state index in [4.69, 9.17) is 9.72 Å². The summed E-state index contributed by atoms with van der Waals surface area (Å²) in [5.41, 5.74) is 1.50. The standard InChI is InChI=1S/C23H26N2O2S/c1-4-27-17-9-11-18(12-10-17)28-22-15-20(23(26)24-14-13-16(2)3)19-7-5-6-8-21(19)25-22/h5-12,15-16H,4,13-14H2,1-3H3,(H,24,26). The molecule has 4 nitrogen and oxygen atoms in total. The van der Waals surface area contributed by atoms with Gasteiger partial charge in [0.25, 0.3) is 5.91 Å². The lowest BCUT2D eigenvalue weighted by Gasteiger charge is -2.11. The molecule has 5 heteroatoms. The largest absolute Gasteiger partial charge is 0.494 e. The molecular weight excluding hydrogens is 368 g/mol. The van der Waals surface area contributed by atoms with E-state index in [1.807, 2.05) is 61.5 Å². The number of fused-ring (bicyclic) bond motifs is 1. The van der Waals surface area contributed by atoms with Gasteiger partial charge in [-0.25, -0.2) is 4.98 Å². The Balaban J connectivity index is 1.85. The van der Waals surface area contributed by atoms with Crippen LogP contribution in [-0.4, -0.2) is 24.0 Å². The summed E-state index contributed by atoms with van der Waals surface area (Å²) < 4.78 is 5.50. The van der Waals surface area contributed by atoms with Crippen molar-refractivity contribution >= 4 is 28.6 Å². The fraction of sp³-hybridized carbons (Fsp3) is 0.304. The number of para-hydroxylation sites is 1. The molecule has 0 saturated carbocycles. The summed E-state index contributed by atoms with van der Waals surface area (Å²) in [4.78, 5) is 18.6. The van der Waals surface area contributed by atoms with Crippen LogP contribution in [0.5, 0.6) is 5.75 Å². The Bertz CT molecular complexity index is 939. The molecule has 1 N–H and O–H groups in total. The van der Waals surface area contributed by atoms with Crippen LogP contribution in [0.4, 0.5) is 0 Å². The topological polar surface area (TPSA) is 51.2 Å². The average Bonchev–Trinajstić information content (AvgIpc) is 2.68. The van der Waals surface area contributed by atoms with Gasteiger partial charge in [-0.15, -0.1) is 0 Å². The number of pyridine rings is 1. The third-order valence-corrected chi connectivity index (χ3v) is 5.23. The maximum absolute atomic E-state index is 12.8. The van der Waals surface area contributed by atoms with Gasteiger partial charge in [0, 0.05) is 16.8 Å². The molecule has 0 unspecified atom stereocenters. The monoisotopic (exact) mass is 394 g/mol. The predicted octanol–water partition coefficient (Wildman–Crippen LogP) is 5.56. The Hall–Kier alpha value is -2.53. The molecule has 1 aromatic heterocycles. The summed E-state index contributed by atoms with van der Waals surface area (Å²) in [7, 11) is 0. The molecule has 0 fully saturated rings. The second-order valence-electron chi connectivity index (χ2n) is 6.97. The summed E-state index contributed by atoms with van der Waals surface area (Å²) in [6, 6.07) is 17.6. The second kappa shape index (κ2) is 9.60. The SMILES string of the molecule is CCOc1ccc(Sc2cc(C(=O)NCCC(C)C)c3ccccc3n2)cc1. The molecule has 0 saturated heterocycles. The highest BCUT2D eigenvalue weighted by Crippen LogP contribution is 2.31. The van der Waals surface area contributed by atoms with Gasteiger partial charge in [0.05, 0.1) is 17.7 Å². The first kappa shape index (κ1) is 20.2. The molecule has 0 aliphatic heterocycles. The molecule has 3 rings (SSSR count). The highest BCUT2D eigenvalue weighted by Gasteiger charge is 2.13. The lowest BCUT2D eigenvalue weighted by atomic mass is 10.1. The maximum atomic E-state index is 12.8. The predicted molar refractivity (Wildman–Crippen MR) is 115 cm³/mol. The molecule has 0 spiro atoms. The summed E-state index contributed by atoms with van der Waals surface area (Å²) in [5, 5.41) is 4.72. The number of nitrogens with zero attached hydrogens (tertiary/aromatic N) is 1. The van der Waals surface area contributed by atoms with Crippen molar-refractivity contribution in [3.8, 4) is 5.75 Å². The van der Waals surface area contributed by atoms with Crippen LogP contribution in [0.25, 0.3) is 10.9 Å². The Kier molecular flexibility index (Phi) is 6.93. The van der Waals surface area contributed by atoms with Crippen LogP contribution in [0.1, 0.15) is 37.6 Å². The van der Waals surface area contributed by atoms with Crippen molar-refractivity contribution in [3.63, 3.8) is 0 Å². The first-order valence-electron chi connectivity index (χ1n) is 9.65. The van der Waals surface area contributed by atoms with E-state index in [0.717, 1.165) is 33.0 Å². The van der Waals surface area contributed by atoms with E-state index in [9.17, 15) is 4.79 Å². The number of rotatable bonds is 8. The lowest BCUT2D eigenvalue weighted by molar-refractivity contribution is 0.0953. The van der Waals surface area contributed by atoms with Crippen LogP contribution in [0, 0.1) is 5.92 Å². The van der Waals surface area contributed by atoms with Crippen LogP contribution in [0.15, 0.2) is 64.5 Å². The van der Waals surface area contributed by atoms with Crippen molar-refractivity contribution in [3.05, 3.63) is 60.2 Å². The molecule has 0 bridgehead atoms. The molecule has 0 atom stereocenters. The van der Waals surface area contributed by atoms with Gasteiger partial charge in [-0.1, -0.05) is 43.8 Å². The van der Waals surface area contributed by atoms with E-state index in [1.54, 1.807) is 11.8 Å². The van der Waals surface area contributed by atoms with Crippen molar-refractivity contribution in [2.75, 3.05) is 13.2 Å². The maximum Gasteiger partial charge on any atom is 0.252 e. The first-order chi connectivity index (χ1) is 13.6. The number of hydrogen-bond donors (Lipinski definition) is 1. The Morgan fingerprint density at radius 3 is 2.61 bits per heavy atom. The number of ether oxygens (including phenoxy) is 1. The van der Waals surface area contributed by atoms with E-state index < -0.39 is 0 Å². The number of amides is 1. The first-order valence-corrected chi connectivity index (χ1v) is 10.5. The van der Waals surface area contributed by atoms with Crippen molar-refractivity contribution < 1.29 is 9.53 Å². The van der Waals surface area contributed by atoms with Gasteiger partial charge in [-0.2, -0.15) is 0 Å². The quantitative estimate of drug-likeness (QED) is 0.543. The van der Waals surface area contributed by atoms with Crippen LogP contribution in [0.3, 0.4) is 0 Å². The molecule has 0 radical (unpaired) electrons. The normalized spacial score (nSPS) is 11.0. The van der Waals surface area contributed by atoms with Gasteiger partial charge >= 0.3 is 0 Å². The molecule has 2 aromatic carbocycles. The Labute approximate surface area is 170 Å². The van der Waals surface area contributed by atoms with E-state index in [-0.39, 0.29) is 5.91 Å². The minimum absolute atomic E-state index is 0.0483. The van der Waals surface area contributed by atoms with E-state index >= 15 is 0 Å². The zero-order valence-corrected chi connectivity index (χ0v) is 17.4. The zero-order valence-electron chi connectivity index (χ0n) is 16.6. The lowest BCUT2D eigenvalue weighted by Crippen LogP contribution is -2.25. The van der Waals surface area contributed by atoms with Gasteiger partial charge in [0.15, 0.2) is 0 Å². The zero-order chi connectivity index (χ0) is 19.9. The van der Waals surface area contributed by atoms with Crippen molar-refractivity contribution in [2.45, 2.75) is 37.1 Å². The summed E-state index contributed by atoms with van der Waals surface area (Å²) in [6.45, 7) is 7.59. The molecule has 28 heavy (non-hydrogen) atoms. The smallest absolute Gasteiger partial charge is 0.252 e. The van der Waals surface area contributed by atoms with Crippen LogP contribution >= 0.6 is 11.8 Å². The molecular formula is C23H26N2O2S. The third-order valence-electron chi connectivity index (χ3n) is 4.30. The summed E-state index contributed by atoms with van der Waals surface area (Å²) in [5.74, 6) is 1.36. The third kappa shape index (κ3) is 5.26. The molecule has 146 valence electrons. The molecule has 1 heterocycles. The Morgan fingerprint density at radius 2 is 1.89 bits per heavy atom. The van der Waals surface area contributed by atoms with Crippen LogP contribution in [0.2, 0.25) is 0 Å². The minimum atomic E-state index is -0.0483.